The van der Waals surface area contributed by atoms with Crippen molar-refractivity contribution in [2.75, 3.05) is 0 Å². The molecule has 1 aromatic rings. The largest absolute Gasteiger partial charge is 0.508 e. The SMILES string of the molecule is N#N.Oc1cccc(O)c1. The highest BCUT2D eigenvalue weighted by Gasteiger charge is 1.85. The molecule has 0 unspecified atom stereocenters. The second-order valence-corrected chi connectivity index (χ2v) is 1.52. The van der Waals surface area contributed by atoms with Crippen LogP contribution in [0.3, 0.4) is 0 Å². The van der Waals surface area contributed by atoms with Crippen LogP contribution in [-0.2, 0) is 0 Å². The van der Waals surface area contributed by atoms with E-state index in [9.17, 15) is 0 Å². The lowest BCUT2D eigenvalue weighted by molar-refractivity contribution is 0.450. The van der Waals surface area contributed by atoms with Gasteiger partial charge in [-0.1, -0.05) is 6.07 Å². The molecule has 0 atom stereocenters. The van der Waals surface area contributed by atoms with Gasteiger partial charge in [-0.3, -0.25) is 0 Å². The summed E-state index contributed by atoms with van der Waals surface area (Å²) in [6, 6.07) is 5.85. The molecule has 1 rings (SSSR count). The van der Waals surface area contributed by atoms with Crippen LogP contribution >= 0.6 is 0 Å². The Kier molecular flexibility index (Phi) is 3.42. The van der Waals surface area contributed by atoms with Crippen LogP contribution in [0.4, 0.5) is 0 Å². The van der Waals surface area contributed by atoms with Gasteiger partial charge in [-0.05, 0) is 12.1 Å². The number of hydrogen-bond acceptors (Lipinski definition) is 4. The summed E-state index contributed by atoms with van der Waals surface area (Å²) < 4.78 is 0. The summed E-state index contributed by atoms with van der Waals surface area (Å²) in [5.74, 6) is 0.176. The molecule has 4 heteroatoms. The van der Waals surface area contributed by atoms with Crippen molar-refractivity contribution in [1.29, 1.82) is 10.8 Å². The Labute approximate surface area is 57.8 Å². The Bertz CT molecular complexity index is 205. The quantitative estimate of drug-likeness (QED) is 0.526. The van der Waals surface area contributed by atoms with E-state index in [4.69, 9.17) is 21.0 Å². The molecule has 4 nitrogen and oxygen atoms in total. The predicted octanol–water partition coefficient (Wildman–Crippen LogP) is 1.13. The Morgan fingerprint density at radius 3 is 1.60 bits per heavy atom. The maximum absolute atomic E-state index is 8.65. The van der Waals surface area contributed by atoms with Gasteiger partial charge in [0.2, 0.25) is 0 Å². The number of aromatic hydroxyl groups is 2. The minimum absolute atomic E-state index is 0.0880. The molecule has 0 heterocycles. The number of phenolic OH excluding ortho intramolecular Hbond substituents is 2. The van der Waals surface area contributed by atoms with Gasteiger partial charge in [-0.15, -0.1) is 0 Å². The van der Waals surface area contributed by atoms with Gasteiger partial charge in [0.15, 0.2) is 0 Å². The fourth-order valence-corrected chi connectivity index (χ4v) is 0.493. The number of phenols is 2. The minimum atomic E-state index is 0.0880. The molecule has 0 aromatic heterocycles. The summed E-state index contributed by atoms with van der Waals surface area (Å²) in [4.78, 5) is 0. The number of benzene rings is 1. The van der Waals surface area contributed by atoms with E-state index in [2.05, 4.69) is 0 Å². The summed E-state index contributed by atoms with van der Waals surface area (Å²) in [5.41, 5.74) is 0. The highest BCUT2D eigenvalue weighted by atomic mass is 16.3. The first-order valence-corrected chi connectivity index (χ1v) is 2.47. The average Bonchev–Trinajstić information content (AvgIpc) is 1.91. The Hall–Kier alpha value is -1.76. The van der Waals surface area contributed by atoms with E-state index in [0.717, 1.165) is 0 Å². The third kappa shape index (κ3) is 2.52. The van der Waals surface area contributed by atoms with Gasteiger partial charge in [-0.2, -0.15) is 0 Å². The van der Waals surface area contributed by atoms with E-state index < -0.39 is 0 Å². The zero-order valence-corrected chi connectivity index (χ0v) is 5.10. The van der Waals surface area contributed by atoms with Crippen LogP contribution < -0.4 is 0 Å². The highest BCUT2D eigenvalue weighted by molar-refractivity contribution is 5.30. The molecule has 0 spiro atoms. The Morgan fingerprint density at radius 1 is 1.00 bits per heavy atom. The lowest BCUT2D eigenvalue weighted by Gasteiger charge is -1.89. The van der Waals surface area contributed by atoms with Crippen molar-refractivity contribution in [3.05, 3.63) is 24.3 Å². The molecular weight excluding hydrogens is 132 g/mol. The second kappa shape index (κ2) is 4.15. The van der Waals surface area contributed by atoms with E-state index in [-0.39, 0.29) is 11.5 Å². The molecule has 0 saturated carbocycles. The third-order valence-electron chi connectivity index (χ3n) is 0.830. The second-order valence-electron chi connectivity index (χ2n) is 1.52. The van der Waals surface area contributed by atoms with Crippen molar-refractivity contribution in [3.63, 3.8) is 0 Å². The fraction of sp³-hybridized carbons (Fsp3) is 0. The van der Waals surface area contributed by atoms with Gasteiger partial charge in [-0.25, -0.2) is 0 Å². The highest BCUT2D eigenvalue weighted by Crippen LogP contribution is 2.14. The molecule has 0 bridgehead atoms. The van der Waals surface area contributed by atoms with Crippen molar-refractivity contribution >= 4 is 0 Å². The average molecular weight is 138 g/mol. The Balaban J connectivity index is 0.000000371. The van der Waals surface area contributed by atoms with Crippen LogP contribution in [0.15, 0.2) is 24.3 Å². The van der Waals surface area contributed by atoms with Crippen molar-refractivity contribution in [2.24, 2.45) is 0 Å². The van der Waals surface area contributed by atoms with Crippen LogP contribution in [-0.4, -0.2) is 10.2 Å². The lowest BCUT2D eigenvalue weighted by Crippen LogP contribution is -1.61. The zero-order valence-electron chi connectivity index (χ0n) is 5.10. The van der Waals surface area contributed by atoms with Crippen LogP contribution in [0.25, 0.3) is 0 Å². The molecule has 0 aliphatic carbocycles. The Morgan fingerprint density at radius 2 is 1.40 bits per heavy atom. The molecule has 0 fully saturated rings. The van der Waals surface area contributed by atoms with E-state index in [1.54, 1.807) is 6.07 Å². The smallest absolute Gasteiger partial charge is 0.119 e. The maximum Gasteiger partial charge on any atom is 0.119 e. The monoisotopic (exact) mass is 138 g/mol. The minimum Gasteiger partial charge on any atom is -0.508 e. The first kappa shape index (κ1) is 8.24. The molecule has 52 valence electrons. The van der Waals surface area contributed by atoms with Gasteiger partial charge in [0, 0.05) is 16.9 Å². The molecule has 2 N–H and O–H groups in total. The summed E-state index contributed by atoms with van der Waals surface area (Å²) in [6.07, 6.45) is 0. The summed E-state index contributed by atoms with van der Waals surface area (Å²) in [6.45, 7) is 0. The van der Waals surface area contributed by atoms with E-state index in [0.29, 0.717) is 0 Å². The molecule has 0 aliphatic rings. The molecule has 0 saturated heterocycles. The zero-order chi connectivity index (χ0) is 7.98. The van der Waals surface area contributed by atoms with E-state index >= 15 is 0 Å². The first-order valence-electron chi connectivity index (χ1n) is 2.47. The predicted molar refractivity (Wildman–Crippen MR) is 33.2 cm³/mol. The molecular formula is C6H6N2O2. The first-order chi connectivity index (χ1) is 4.79. The van der Waals surface area contributed by atoms with Gasteiger partial charge in [0.25, 0.3) is 0 Å². The van der Waals surface area contributed by atoms with Crippen molar-refractivity contribution in [1.82, 2.24) is 0 Å². The van der Waals surface area contributed by atoms with Crippen LogP contribution in [0, 0.1) is 10.8 Å². The topological polar surface area (TPSA) is 88.0 Å². The van der Waals surface area contributed by atoms with Gasteiger partial charge in [0.1, 0.15) is 11.5 Å². The molecule has 0 aliphatic heterocycles. The lowest BCUT2D eigenvalue weighted by atomic mass is 10.3. The van der Waals surface area contributed by atoms with Crippen molar-refractivity contribution in [3.8, 4) is 11.5 Å². The van der Waals surface area contributed by atoms with Crippen LogP contribution in [0.2, 0.25) is 0 Å². The van der Waals surface area contributed by atoms with Crippen LogP contribution in [0.1, 0.15) is 0 Å². The molecule has 1 aromatic carbocycles. The van der Waals surface area contributed by atoms with Gasteiger partial charge < -0.3 is 10.2 Å². The fourth-order valence-electron chi connectivity index (χ4n) is 0.493. The van der Waals surface area contributed by atoms with Gasteiger partial charge >= 0.3 is 0 Å². The van der Waals surface area contributed by atoms with Crippen LogP contribution in [0.5, 0.6) is 11.5 Å². The van der Waals surface area contributed by atoms with Crippen molar-refractivity contribution < 1.29 is 10.2 Å². The number of nitrogens with zero attached hydrogens (tertiary/aromatic N) is 2. The maximum atomic E-state index is 8.65. The summed E-state index contributed by atoms with van der Waals surface area (Å²) in [5, 5.41) is 29.3. The molecule has 10 heavy (non-hydrogen) atoms. The summed E-state index contributed by atoms with van der Waals surface area (Å²) in [7, 11) is 0. The third-order valence-corrected chi connectivity index (χ3v) is 0.830. The van der Waals surface area contributed by atoms with E-state index in [1.165, 1.54) is 18.2 Å². The van der Waals surface area contributed by atoms with Crippen molar-refractivity contribution in [2.45, 2.75) is 0 Å². The molecule has 0 radical (unpaired) electrons. The standard InChI is InChI=1S/C6H6O2.N2/c7-5-2-1-3-6(8)4-5;1-2/h1-4,7-8H;. The van der Waals surface area contributed by atoms with Gasteiger partial charge in [0.05, 0.1) is 0 Å². The number of hydrogen-bond donors (Lipinski definition) is 2. The number of rotatable bonds is 0. The summed E-state index contributed by atoms with van der Waals surface area (Å²) >= 11 is 0. The normalized spacial score (nSPS) is 7.40. The molecule has 0 amide bonds. The van der Waals surface area contributed by atoms with E-state index in [1.807, 2.05) is 0 Å².